The summed E-state index contributed by atoms with van der Waals surface area (Å²) in [6.45, 7) is 0. The van der Waals surface area contributed by atoms with Crippen molar-refractivity contribution in [2.75, 3.05) is 5.32 Å². The zero-order valence-corrected chi connectivity index (χ0v) is 14.4. The highest BCUT2D eigenvalue weighted by molar-refractivity contribution is 5.86. The third-order valence-electron chi connectivity index (χ3n) is 4.44. The van der Waals surface area contributed by atoms with E-state index in [0.29, 0.717) is 22.5 Å². The number of rotatable bonds is 4. The summed E-state index contributed by atoms with van der Waals surface area (Å²) >= 11 is 0. The monoisotopic (exact) mass is 352 g/mol. The molecule has 27 heavy (non-hydrogen) atoms. The first-order chi connectivity index (χ1) is 13.3. The van der Waals surface area contributed by atoms with Gasteiger partial charge in [0, 0.05) is 23.3 Å². The maximum Gasteiger partial charge on any atom is 0.147 e. The number of phenolic OH excluding ortho intramolecular Hbond substituents is 1. The number of phenols is 1. The van der Waals surface area contributed by atoms with Crippen LogP contribution in [0.3, 0.4) is 0 Å². The number of fused-ring (bicyclic) bond motifs is 1. The number of aromatic hydroxyl groups is 1. The molecule has 1 unspecified atom stereocenters. The molecule has 0 spiro atoms. The number of anilines is 1. The molecule has 2 N–H and O–H groups in total. The van der Waals surface area contributed by atoms with Crippen LogP contribution in [-0.4, -0.2) is 15.1 Å². The highest BCUT2D eigenvalue weighted by Gasteiger charge is 2.22. The lowest BCUT2D eigenvalue weighted by molar-refractivity contribution is 0.471. The van der Waals surface area contributed by atoms with E-state index in [9.17, 15) is 10.4 Å². The minimum absolute atomic E-state index is 0.0919. The van der Waals surface area contributed by atoms with Crippen LogP contribution >= 0.6 is 0 Å². The van der Waals surface area contributed by atoms with E-state index < -0.39 is 6.04 Å². The van der Waals surface area contributed by atoms with Gasteiger partial charge in [-0.3, -0.25) is 4.98 Å². The van der Waals surface area contributed by atoms with Crippen LogP contribution in [0.2, 0.25) is 0 Å². The fourth-order valence-corrected chi connectivity index (χ4v) is 3.15. The van der Waals surface area contributed by atoms with Crippen molar-refractivity contribution in [3.05, 3.63) is 95.8 Å². The summed E-state index contributed by atoms with van der Waals surface area (Å²) in [5.41, 5.74) is 2.45. The molecular formula is C22H16N4O. The molecule has 2 aromatic carbocycles. The van der Waals surface area contributed by atoms with Gasteiger partial charge in [-0.25, -0.2) is 4.98 Å². The minimum Gasteiger partial charge on any atom is -0.505 e. The molecule has 2 aromatic heterocycles. The lowest BCUT2D eigenvalue weighted by atomic mass is 9.93. The zero-order chi connectivity index (χ0) is 18.6. The van der Waals surface area contributed by atoms with E-state index in [2.05, 4.69) is 21.4 Å². The maximum absolute atomic E-state index is 10.9. The molecule has 5 nitrogen and oxygen atoms in total. The summed E-state index contributed by atoms with van der Waals surface area (Å²) in [6, 6.07) is 22.2. The van der Waals surface area contributed by atoms with Crippen LogP contribution in [-0.2, 0) is 0 Å². The quantitative estimate of drug-likeness (QED) is 0.568. The molecule has 5 heteroatoms. The molecule has 0 aliphatic heterocycles. The van der Waals surface area contributed by atoms with E-state index >= 15 is 0 Å². The summed E-state index contributed by atoms with van der Waals surface area (Å²) in [4.78, 5) is 8.63. The van der Waals surface area contributed by atoms with Crippen LogP contribution in [0, 0.1) is 11.3 Å². The molecule has 0 aliphatic carbocycles. The van der Waals surface area contributed by atoms with Gasteiger partial charge in [0.25, 0.3) is 0 Å². The number of pyridine rings is 2. The van der Waals surface area contributed by atoms with Crippen LogP contribution in [0.4, 0.5) is 5.82 Å². The lowest BCUT2D eigenvalue weighted by Crippen LogP contribution is -2.15. The lowest BCUT2D eigenvalue weighted by Gasteiger charge is -2.22. The van der Waals surface area contributed by atoms with E-state index in [4.69, 9.17) is 0 Å². The van der Waals surface area contributed by atoms with Gasteiger partial charge in [0.05, 0.1) is 17.7 Å². The van der Waals surface area contributed by atoms with Crippen LogP contribution < -0.4 is 5.32 Å². The standard InChI is InChI=1S/C22H16N4O/c23-14-16-6-1-2-8-17(16)21(26-19-9-3-4-12-24-19)18-11-10-15-7-5-13-25-20(15)22(18)27/h1-13,21,27H,(H,24,26). The van der Waals surface area contributed by atoms with Crippen molar-refractivity contribution in [1.82, 2.24) is 9.97 Å². The number of nitrogens with one attached hydrogen (secondary N) is 1. The molecule has 0 fully saturated rings. The molecule has 4 rings (SSSR count). The van der Waals surface area contributed by atoms with Crippen molar-refractivity contribution in [3.63, 3.8) is 0 Å². The van der Waals surface area contributed by atoms with Crippen molar-refractivity contribution in [2.24, 2.45) is 0 Å². The van der Waals surface area contributed by atoms with Gasteiger partial charge in [-0.15, -0.1) is 0 Å². The number of hydrogen-bond donors (Lipinski definition) is 2. The Morgan fingerprint density at radius 3 is 2.48 bits per heavy atom. The third-order valence-corrected chi connectivity index (χ3v) is 4.44. The van der Waals surface area contributed by atoms with Crippen LogP contribution in [0.5, 0.6) is 5.75 Å². The van der Waals surface area contributed by atoms with Crippen molar-refractivity contribution in [2.45, 2.75) is 6.04 Å². The number of aromatic nitrogens is 2. The number of nitriles is 1. The molecule has 0 radical (unpaired) electrons. The van der Waals surface area contributed by atoms with Gasteiger partial charge in [0.2, 0.25) is 0 Å². The van der Waals surface area contributed by atoms with E-state index in [-0.39, 0.29) is 5.75 Å². The summed E-state index contributed by atoms with van der Waals surface area (Å²) in [6.07, 6.45) is 3.34. The maximum atomic E-state index is 10.9. The van der Waals surface area contributed by atoms with E-state index in [1.807, 2.05) is 60.7 Å². The second-order valence-electron chi connectivity index (χ2n) is 6.07. The molecule has 4 aromatic rings. The van der Waals surface area contributed by atoms with Gasteiger partial charge in [-0.2, -0.15) is 5.26 Å². The number of hydrogen-bond acceptors (Lipinski definition) is 5. The van der Waals surface area contributed by atoms with Crippen molar-refractivity contribution in [3.8, 4) is 11.8 Å². The fourth-order valence-electron chi connectivity index (χ4n) is 3.15. The number of benzene rings is 2. The second-order valence-corrected chi connectivity index (χ2v) is 6.07. The Kier molecular flexibility index (Phi) is 4.38. The SMILES string of the molecule is N#Cc1ccccc1C(Nc1ccccn1)c1ccc2cccnc2c1O. The normalized spacial score (nSPS) is 11.7. The molecule has 0 saturated heterocycles. The van der Waals surface area contributed by atoms with E-state index in [1.165, 1.54) is 0 Å². The van der Waals surface area contributed by atoms with Gasteiger partial charge < -0.3 is 10.4 Å². The predicted octanol–water partition coefficient (Wildman–Crippen LogP) is 4.41. The van der Waals surface area contributed by atoms with E-state index in [0.717, 1.165) is 10.9 Å². The minimum atomic E-state index is -0.456. The average Bonchev–Trinajstić information content (AvgIpc) is 2.74. The fraction of sp³-hybridized carbons (Fsp3) is 0.0455. The first-order valence-corrected chi connectivity index (χ1v) is 8.51. The molecule has 0 bridgehead atoms. The highest BCUT2D eigenvalue weighted by Crippen LogP contribution is 2.37. The Balaban J connectivity index is 1.90. The van der Waals surface area contributed by atoms with Crippen LogP contribution in [0.25, 0.3) is 10.9 Å². The van der Waals surface area contributed by atoms with Crippen LogP contribution in [0.1, 0.15) is 22.7 Å². The first-order valence-electron chi connectivity index (χ1n) is 8.51. The predicted molar refractivity (Wildman–Crippen MR) is 104 cm³/mol. The zero-order valence-electron chi connectivity index (χ0n) is 14.4. The van der Waals surface area contributed by atoms with Gasteiger partial charge >= 0.3 is 0 Å². The second kappa shape index (κ2) is 7.14. The summed E-state index contributed by atoms with van der Waals surface area (Å²) in [5.74, 6) is 0.741. The summed E-state index contributed by atoms with van der Waals surface area (Å²) in [5, 5.41) is 24.7. The topological polar surface area (TPSA) is 81.8 Å². The van der Waals surface area contributed by atoms with Crippen LogP contribution in [0.15, 0.2) is 79.1 Å². The Morgan fingerprint density at radius 1 is 0.852 bits per heavy atom. The molecular weight excluding hydrogens is 336 g/mol. The molecule has 130 valence electrons. The van der Waals surface area contributed by atoms with Crippen molar-refractivity contribution < 1.29 is 5.11 Å². The molecule has 1 atom stereocenters. The van der Waals surface area contributed by atoms with Gasteiger partial charge in [0.1, 0.15) is 17.1 Å². The number of nitrogens with zero attached hydrogens (tertiary/aromatic N) is 3. The first kappa shape index (κ1) is 16.6. The Labute approximate surface area is 156 Å². The largest absolute Gasteiger partial charge is 0.505 e. The van der Waals surface area contributed by atoms with Gasteiger partial charge in [-0.1, -0.05) is 42.5 Å². The molecule has 0 saturated carbocycles. The van der Waals surface area contributed by atoms with Gasteiger partial charge in [0.15, 0.2) is 0 Å². The van der Waals surface area contributed by atoms with Gasteiger partial charge in [-0.05, 0) is 29.8 Å². The highest BCUT2D eigenvalue weighted by atomic mass is 16.3. The third kappa shape index (κ3) is 3.16. The Morgan fingerprint density at radius 2 is 1.67 bits per heavy atom. The average molecular weight is 352 g/mol. The van der Waals surface area contributed by atoms with Crippen molar-refractivity contribution >= 4 is 16.7 Å². The van der Waals surface area contributed by atoms with E-state index in [1.54, 1.807) is 18.5 Å². The summed E-state index contributed by atoms with van der Waals surface area (Å²) < 4.78 is 0. The van der Waals surface area contributed by atoms with Crippen molar-refractivity contribution in [1.29, 1.82) is 5.26 Å². The summed E-state index contributed by atoms with van der Waals surface area (Å²) in [7, 11) is 0. The molecule has 0 aliphatic rings. The Bertz CT molecular complexity index is 1140. The smallest absolute Gasteiger partial charge is 0.147 e. The molecule has 2 heterocycles. The Hall–Kier alpha value is -3.91. The molecule has 0 amide bonds.